The number of hydrogen-bond acceptors (Lipinski definition) is 4. The predicted molar refractivity (Wildman–Crippen MR) is 97.4 cm³/mol. The lowest BCUT2D eigenvalue weighted by Crippen LogP contribution is -2.41. The van der Waals surface area contributed by atoms with E-state index >= 15 is 0 Å². The average Bonchev–Trinajstić information content (AvgIpc) is 3.26. The molecular formula is C20H27N3O. The van der Waals surface area contributed by atoms with Crippen LogP contribution in [0, 0.1) is 0 Å². The number of hydrogen-bond donors (Lipinski definition) is 1. The molecule has 1 aliphatic heterocycles. The topological polar surface area (TPSA) is 41.3 Å². The van der Waals surface area contributed by atoms with Gasteiger partial charge in [-0.05, 0) is 62.0 Å². The van der Waals surface area contributed by atoms with Gasteiger partial charge in [0.15, 0.2) is 5.76 Å². The molecule has 1 aromatic carbocycles. The summed E-state index contributed by atoms with van der Waals surface area (Å²) in [6, 6.07) is 7.04. The van der Waals surface area contributed by atoms with Gasteiger partial charge in [-0.2, -0.15) is 0 Å². The van der Waals surface area contributed by atoms with Crippen molar-refractivity contribution in [3.63, 3.8) is 0 Å². The van der Waals surface area contributed by atoms with E-state index in [4.69, 9.17) is 4.52 Å². The van der Waals surface area contributed by atoms with Crippen molar-refractivity contribution < 1.29 is 4.52 Å². The second kappa shape index (κ2) is 6.60. The summed E-state index contributed by atoms with van der Waals surface area (Å²) in [5.74, 6) is 1.53. The molecule has 4 heteroatoms. The van der Waals surface area contributed by atoms with Crippen LogP contribution in [0.1, 0.15) is 50.2 Å². The number of aromatic nitrogens is 1. The fraction of sp³-hybridized carbons (Fsp3) is 0.550. The summed E-state index contributed by atoms with van der Waals surface area (Å²) in [6.07, 6.45) is 6.58. The fourth-order valence-corrected chi connectivity index (χ4v) is 4.60. The first kappa shape index (κ1) is 15.7. The van der Waals surface area contributed by atoms with Gasteiger partial charge < -0.3 is 14.7 Å². The summed E-state index contributed by atoms with van der Waals surface area (Å²) >= 11 is 0. The maximum Gasteiger partial charge on any atom is 0.167 e. The molecule has 4 rings (SSSR count). The molecule has 24 heavy (non-hydrogen) atoms. The Morgan fingerprint density at radius 2 is 2.04 bits per heavy atom. The molecule has 2 aromatic rings. The maximum absolute atomic E-state index is 5.49. The Morgan fingerprint density at radius 3 is 2.75 bits per heavy atom. The minimum Gasteiger partial charge on any atom is -0.384 e. The van der Waals surface area contributed by atoms with Crippen molar-refractivity contribution in [1.29, 1.82) is 0 Å². The zero-order chi connectivity index (χ0) is 16.5. The second-order valence-corrected chi connectivity index (χ2v) is 7.14. The van der Waals surface area contributed by atoms with Crippen LogP contribution in [0.15, 0.2) is 28.9 Å². The van der Waals surface area contributed by atoms with Crippen LogP contribution in [0.5, 0.6) is 0 Å². The number of nitrogens with zero attached hydrogens (tertiary/aromatic N) is 2. The molecule has 1 aliphatic carbocycles. The van der Waals surface area contributed by atoms with E-state index in [0.717, 1.165) is 18.7 Å². The number of nitrogens with one attached hydrogen (secondary N) is 1. The summed E-state index contributed by atoms with van der Waals surface area (Å²) in [7, 11) is 0. The normalized spacial score (nSPS) is 21.8. The average molecular weight is 325 g/mol. The van der Waals surface area contributed by atoms with Gasteiger partial charge in [-0.1, -0.05) is 19.0 Å². The third-order valence-electron chi connectivity index (χ3n) is 5.54. The smallest absolute Gasteiger partial charge is 0.167 e. The summed E-state index contributed by atoms with van der Waals surface area (Å²) in [5, 5.41) is 7.53. The lowest BCUT2D eigenvalue weighted by atomic mass is 9.78. The van der Waals surface area contributed by atoms with Crippen LogP contribution in [-0.2, 0) is 6.42 Å². The summed E-state index contributed by atoms with van der Waals surface area (Å²) in [4.78, 5) is 2.71. The van der Waals surface area contributed by atoms with Crippen molar-refractivity contribution in [2.45, 2.75) is 51.5 Å². The Labute approximate surface area is 144 Å². The van der Waals surface area contributed by atoms with E-state index < -0.39 is 0 Å². The molecule has 0 fully saturated rings. The maximum atomic E-state index is 5.49. The van der Waals surface area contributed by atoms with Gasteiger partial charge in [-0.15, -0.1) is 0 Å². The van der Waals surface area contributed by atoms with Crippen LogP contribution in [0.4, 0.5) is 5.69 Å². The van der Waals surface area contributed by atoms with E-state index in [9.17, 15) is 0 Å². The first-order valence-electron chi connectivity index (χ1n) is 9.36. The zero-order valence-electron chi connectivity index (χ0n) is 14.7. The molecule has 0 amide bonds. The highest BCUT2D eigenvalue weighted by Gasteiger charge is 2.36. The highest BCUT2D eigenvalue weighted by Crippen LogP contribution is 2.46. The molecule has 2 atom stereocenters. The number of anilines is 1. The van der Waals surface area contributed by atoms with Gasteiger partial charge in [-0.3, -0.25) is 0 Å². The van der Waals surface area contributed by atoms with Crippen molar-refractivity contribution in [3.05, 3.63) is 35.5 Å². The van der Waals surface area contributed by atoms with Crippen LogP contribution in [0.2, 0.25) is 0 Å². The molecule has 2 aliphatic rings. The quantitative estimate of drug-likeness (QED) is 0.860. The predicted octanol–water partition coefficient (Wildman–Crippen LogP) is 4.29. The molecule has 2 unspecified atom stereocenters. The van der Waals surface area contributed by atoms with Gasteiger partial charge in [0, 0.05) is 35.8 Å². The van der Waals surface area contributed by atoms with E-state index in [-0.39, 0.29) is 0 Å². The van der Waals surface area contributed by atoms with Crippen molar-refractivity contribution in [3.8, 4) is 11.3 Å². The first-order chi connectivity index (χ1) is 11.8. The largest absolute Gasteiger partial charge is 0.384 e. The zero-order valence-corrected chi connectivity index (χ0v) is 14.7. The number of benzene rings is 1. The Hall–Kier alpha value is -1.81. The molecule has 0 saturated carbocycles. The number of rotatable bonds is 6. The second-order valence-electron chi connectivity index (χ2n) is 7.14. The molecule has 128 valence electrons. The highest BCUT2D eigenvalue weighted by atomic mass is 16.5. The minimum absolute atomic E-state index is 0.632. The van der Waals surface area contributed by atoms with Gasteiger partial charge in [0.25, 0.3) is 0 Å². The highest BCUT2D eigenvalue weighted by molar-refractivity contribution is 5.73. The molecule has 1 N–H and O–H groups in total. The third-order valence-corrected chi connectivity index (χ3v) is 5.54. The minimum atomic E-state index is 0.632. The van der Waals surface area contributed by atoms with E-state index in [0.29, 0.717) is 12.0 Å². The van der Waals surface area contributed by atoms with Gasteiger partial charge in [0.2, 0.25) is 0 Å². The van der Waals surface area contributed by atoms with Gasteiger partial charge >= 0.3 is 0 Å². The van der Waals surface area contributed by atoms with E-state index in [1.54, 1.807) is 6.20 Å². The molecule has 0 bridgehead atoms. The summed E-state index contributed by atoms with van der Waals surface area (Å²) in [5.41, 5.74) is 5.58. The van der Waals surface area contributed by atoms with Crippen LogP contribution in [0.25, 0.3) is 11.3 Å². The molecule has 4 nitrogen and oxygen atoms in total. The van der Waals surface area contributed by atoms with Gasteiger partial charge in [0.05, 0.1) is 6.20 Å². The van der Waals surface area contributed by atoms with E-state index in [1.165, 1.54) is 54.7 Å². The lowest BCUT2D eigenvalue weighted by molar-refractivity contribution is 0.172. The summed E-state index contributed by atoms with van der Waals surface area (Å²) < 4.78 is 5.49. The lowest BCUT2D eigenvalue weighted by Gasteiger charge is -2.37. The Bertz CT molecular complexity index is 689. The van der Waals surface area contributed by atoms with Crippen LogP contribution >= 0.6 is 0 Å². The van der Waals surface area contributed by atoms with E-state index in [1.807, 2.05) is 6.07 Å². The molecule has 0 saturated heterocycles. The third kappa shape index (κ3) is 2.63. The molecule has 2 heterocycles. The standard InChI is InChI=1S/C20H27N3O/c1-3-9-23(10-4-2)15-11-14-13-21-18-6-5-16(17(12-15)20(14)18)19-7-8-22-24-19/h5-8,14-15,21H,3-4,9-13H2,1-2H3. The van der Waals surface area contributed by atoms with Crippen LogP contribution < -0.4 is 5.32 Å². The Balaban J connectivity index is 1.73. The molecule has 1 aromatic heterocycles. The SMILES string of the molecule is CCCN(CCC)C1Cc2c(-c3ccno3)ccc3c2C(CN3)C1. The molecular weight excluding hydrogens is 298 g/mol. The Kier molecular flexibility index (Phi) is 4.31. The van der Waals surface area contributed by atoms with Crippen molar-refractivity contribution in [2.24, 2.45) is 0 Å². The monoisotopic (exact) mass is 325 g/mol. The van der Waals surface area contributed by atoms with Crippen LogP contribution in [0.3, 0.4) is 0 Å². The summed E-state index contributed by atoms with van der Waals surface area (Å²) in [6.45, 7) is 8.05. The fourth-order valence-electron chi connectivity index (χ4n) is 4.60. The van der Waals surface area contributed by atoms with Gasteiger partial charge in [-0.25, -0.2) is 0 Å². The van der Waals surface area contributed by atoms with E-state index in [2.05, 4.69) is 41.4 Å². The first-order valence-corrected chi connectivity index (χ1v) is 9.36. The van der Waals surface area contributed by atoms with Crippen molar-refractivity contribution >= 4 is 5.69 Å². The Morgan fingerprint density at radius 1 is 1.21 bits per heavy atom. The molecule has 0 spiro atoms. The van der Waals surface area contributed by atoms with Crippen molar-refractivity contribution in [2.75, 3.05) is 25.0 Å². The van der Waals surface area contributed by atoms with Crippen LogP contribution in [-0.4, -0.2) is 35.7 Å². The van der Waals surface area contributed by atoms with Crippen molar-refractivity contribution in [1.82, 2.24) is 10.1 Å². The molecule has 0 radical (unpaired) electrons. The van der Waals surface area contributed by atoms with Gasteiger partial charge in [0.1, 0.15) is 0 Å².